The first kappa shape index (κ1) is 14.9. The number of phenols is 1. The summed E-state index contributed by atoms with van der Waals surface area (Å²) in [7, 11) is 0. The van der Waals surface area contributed by atoms with E-state index in [1.165, 1.54) is 11.3 Å². The first-order valence-corrected chi connectivity index (χ1v) is 9.09. The quantitative estimate of drug-likeness (QED) is 0.510. The molecule has 0 unspecified atom stereocenters. The van der Waals surface area contributed by atoms with Gasteiger partial charge in [0, 0.05) is 5.56 Å². The van der Waals surface area contributed by atoms with Gasteiger partial charge in [-0.15, -0.1) is 11.3 Å². The van der Waals surface area contributed by atoms with E-state index >= 15 is 0 Å². The fraction of sp³-hybridized carbons (Fsp3) is 0. The lowest BCUT2D eigenvalue weighted by molar-refractivity contribution is -0.110. The van der Waals surface area contributed by atoms with Crippen LogP contribution < -0.4 is 5.32 Å². The number of hydrogen-bond donors (Lipinski definition) is 2. The summed E-state index contributed by atoms with van der Waals surface area (Å²) in [5, 5.41) is 12.7. The van der Waals surface area contributed by atoms with Crippen molar-refractivity contribution in [2.24, 2.45) is 0 Å². The molecule has 3 aromatic rings. The number of aromatic nitrogens is 1. The molecule has 0 atom stereocenters. The van der Waals surface area contributed by atoms with Crippen molar-refractivity contribution in [3.63, 3.8) is 0 Å². The summed E-state index contributed by atoms with van der Waals surface area (Å²) in [6, 6.07) is 7.32. The van der Waals surface area contributed by atoms with Crippen LogP contribution in [0.4, 0.5) is 5.69 Å². The maximum Gasteiger partial charge on any atom is 0.256 e. The van der Waals surface area contributed by atoms with Crippen LogP contribution in [0, 0.1) is 0 Å². The van der Waals surface area contributed by atoms with Gasteiger partial charge in [0.05, 0.1) is 35.9 Å². The number of carbonyl (C=O) groups excluding carboxylic acids is 1. The largest absolute Gasteiger partial charge is 0.506 e. The zero-order valence-corrected chi connectivity index (χ0v) is 15.4. The molecule has 7 heteroatoms. The van der Waals surface area contributed by atoms with Crippen molar-refractivity contribution in [2.75, 3.05) is 5.32 Å². The molecule has 1 aliphatic heterocycles. The lowest BCUT2D eigenvalue weighted by Gasteiger charge is -2.04. The van der Waals surface area contributed by atoms with Crippen LogP contribution in [0.2, 0.25) is 0 Å². The summed E-state index contributed by atoms with van der Waals surface area (Å²) in [4.78, 5) is 16.7. The van der Waals surface area contributed by atoms with Crippen molar-refractivity contribution >= 4 is 76.7 Å². The topological polar surface area (TPSA) is 62.2 Å². The second-order valence-corrected chi connectivity index (χ2v) is 7.60. The Kier molecular flexibility index (Phi) is 3.51. The van der Waals surface area contributed by atoms with Gasteiger partial charge in [0.2, 0.25) is 0 Å². The molecule has 0 aliphatic carbocycles. The van der Waals surface area contributed by atoms with Crippen LogP contribution in [-0.2, 0) is 4.79 Å². The summed E-state index contributed by atoms with van der Waals surface area (Å²) < 4.78 is 2.12. The molecular weight excluding hydrogens is 444 g/mol. The summed E-state index contributed by atoms with van der Waals surface area (Å²) >= 11 is 8.13. The fourth-order valence-corrected chi connectivity index (χ4v) is 4.65. The van der Waals surface area contributed by atoms with Crippen LogP contribution in [-0.4, -0.2) is 16.0 Å². The highest BCUT2D eigenvalue weighted by Crippen LogP contribution is 2.41. The summed E-state index contributed by atoms with van der Waals surface area (Å²) in [6.07, 6.45) is 1.81. The number of phenolic OH excluding ortho intramolecular Hbond substituents is 1. The van der Waals surface area contributed by atoms with Gasteiger partial charge in [-0.2, -0.15) is 0 Å². The number of anilines is 1. The highest BCUT2D eigenvalue weighted by atomic mass is 79.9. The minimum atomic E-state index is -0.138. The smallest absolute Gasteiger partial charge is 0.256 e. The SMILES string of the molecule is O=C1Nc2ccc3ncsc3c2C1=Cc1cc(Br)c(O)c(Br)c1. The summed E-state index contributed by atoms with van der Waals surface area (Å²) in [5.41, 5.74) is 5.74. The molecule has 2 N–H and O–H groups in total. The van der Waals surface area contributed by atoms with Crippen LogP contribution in [0.3, 0.4) is 0 Å². The average molecular weight is 452 g/mol. The predicted octanol–water partition coefficient (Wildman–Crippen LogP) is 5.02. The highest BCUT2D eigenvalue weighted by Gasteiger charge is 2.27. The first-order valence-electron chi connectivity index (χ1n) is 6.62. The molecule has 2 aromatic carbocycles. The number of rotatable bonds is 1. The van der Waals surface area contributed by atoms with Gasteiger partial charge in [-0.3, -0.25) is 4.79 Å². The van der Waals surface area contributed by atoms with E-state index in [-0.39, 0.29) is 11.7 Å². The number of nitrogens with one attached hydrogen (secondary N) is 1. The third-order valence-corrected chi connectivity index (χ3v) is 5.68. The second kappa shape index (κ2) is 5.43. The van der Waals surface area contributed by atoms with E-state index in [2.05, 4.69) is 42.2 Å². The molecule has 114 valence electrons. The third-order valence-electron chi connectivity index (χ3n) is 3.61. The standard InChI is InChI=1S/C16H8Br2N2O2S/c17-9-4-7(5-10(18)14(9)21)3-8-13-11(20-16(8)22)1-2-12-15(13)23-6-19-12/h1-6,21H,(H,20,22). The molecule has 4 nitrogen and oxygen atoms in total. The van der Waals surface area contributed by atoms with E-state index in [4.69, 9.17) is 0 Å². The van der Waals surface area contributed by atoms with Crippen LogP contribution in [0.5, 0.6) is 5.75 Å². The van der Waals surface area contributed by atoms with E-state index in [9.17, 15) is 9.90 Å². The number of amides is 1. The Morgan fingerprint density at radius 3 is 2.70 bits per heavy atom. The van der Waals surface area contributed by atoms with E-state index in [0.717, 1.165) is 27.0 Å². The van der Waals surface area contributed by atoms with Gasteiger partial charge < -0.3 is 10.4 Å². The molecule has 4 rings (SSSR count). The van der Waals surface area contributed by atoms with Crippen molar-refractivity contribution < 1.29 is 9.90 Å². The van der Waals surface area contributed by atoms with Gasteiger partial charge in [0.25, 0.3) is 5.91 Å². The Bertz CT molecular complexity index is 987. The molecule has 1 amide bonds. The van der Waals surface area contributed by atoms with Crippen LogP contribution >= 0.6 is 43.2 Å². The number of halogens is 2. The number of benzene rings is 2. The molecule has 0 saturated carbocycles. The first-order chi connectivity index (χ1) is 11.0. The van der Waals surface area contributed by atoms with Crippen LogP contribution in [0.1, 0.15) is 11.1 Å². The maximum absolute atomic E-state index is 12.4. The number of aromatic hydroxyl groups is 1. The zero-order chi connectivity index (χ0) is 16.1. The van der Waals surface area contributed by atoms with Crippen LogP contribution in [0.25, 0.3) is 21.9 Å². The Morgan fingerprint density at radius 2 is 1.96 bits per heavy atom. The van der Waals surface area contributed by atoms with Gasteiger partial charge in [-0.05, 0) is 67.8 Å². The normalized spacial score (nSPS) is 15.2. The molecule has 2 heterocycles. The molecule has 0 fully saturated rings. The third kappa shape index (κ3) is 2.39. The van der Waals surface area contributed by atoms with E-state index in [1.54, 1.807) is 17.6 Å². The van der Waals surface area contributed by atoms with Gasteiger partial charge in [0.15, 0.2) is 0 Å². The molecule has 0 bridgehead atoms. The van der Waals surface area contributed by atoms with Gasteiger partial charge >= 0.3 is 0 Å². The molecule has 23 heavy (non-hydrogen) atoms. The van der Waals surface area contributed by atoms with E-state index in [0.29, 0.717) is 14.5 Å². The van der Waals surface area contributed by atoms with Crippen molar-refractivity contribution in [3.05, 3.63) is 49.8 Å². The lowest BCUT2D eigenvalue weighted by atomic mass is 10.0. The lowest BCUT2D eigenvalue weighted by Crippen LogP contribution is -2.03. The monoisotopic (exact) mass is 450 g/mol. The Hall–Kier alpha value is -1.70. The number of fused-ring (bicyclic) bond motifs is 3. The molecule has 0 saturated heterocycles. The van der Waals surface area contributed by atoms with Crippen LogP contribution in [0.15, 0.2) is 38.7 Å². The molecule has 1 aromatic heterocycles. The van der Waals surface area contributed by atoms with Gasteiger partial charge in [0.1, 0.15) is 5.75 Å². The highest BCUT2D eigenvalue weighted by molar-refractivity contribution is 9.11. The summed E-state index contributed by atoms with van der Waals surface area (Å²) in [6.45, 7) is 0. The Balaban J connectivity index is 1.94. The molecular formula is C16H8Br2N2O2S. The number of thiazole rings is 1. The molecule has 1 aliphatic rings. The fourth-order valence-electron chi connectivity index (χ4n) is 2.58. The van der Waals surface area contributed by atoms with Crippen molar-refractivity contribution in [3.8, 4) is 5.75 Å². The number of carbonyl (C=O) groups is 1. The average Bonchev–Trinajstić information content (AvgIpc) is 3.09. The minimum absolute atomic E-state index is 0.133. The van der Waals surface area contributed by atoms with E-state index < -0.39 is 0 Å². The van der Waals surface area contributed by atoms with Crippen molar-refractivity contribution in [1.82, 2.24) is 4.98 Å². The Morgan fingerprint density at radius 1 is 1.22 bits per heavy atom. The Labute approximate surface area is 152 Å². The molecule has 0 spiro atoms. The summed E-state index contributed by atoms with van der Waals surface area (Å²) in [5.74, 6) is -0.00510. The maximum atomic E-state index is 12.4. The minimum Gasteiger partial charge on any atom is -0.506 e. The van der Waals surface area contributed by atoms with Gasteiger partial charge in [-0.25, -0.2) is 4.98 Å². The second-order valence-electron chi connectivity index (χ2n) is 5.03. The van der Waals surface area contributed by atoms with Crippen molar-refractivity contribution in [2.45, 2.75) is 0 Å². The number of hydrogen-bond acceptors (Lipinski definition) is 4. The van der Waals surface area contributed by atoms with E-state index in [1.807, 2.05) is 18.2 Å². The zero-order valence-electron chi connectivity index (χ0n) is 11.4. The predicted molar refractivity (Wildman–Crippen MR) is 99.6 cm³/mol. The number of nitrogens with zero attached hydrogens (tertiary/aromatic N) is 1. The molecule has 0 radical (unpaired) electrons. The van der Waals surface area contributed by atoms with Gasteiger partial charge in [-0.1, -0.05) is 0 Å². The van der Waals surface area contributed by atoms with Crippen molar-refractivity contribution in [1.29, 1.82) is 0 Å².